The molecule has 0 heterocycles. The quantitative estimate of drug-likeness (QED) is 0.726. The fraction of sp³-hybridized carbons (Fsp3) is 0.417. The third-order valence-electron chi connectivity index (χ3n) is 2.32. The van der Waals surface area contributed by atoms with Crippen molar-refractivity contribution in [1.29, 1.82) is 5.26 Å². The van der Waals surface area contributed by atoms with Crippen molar-refractivity contribution in [3.05, 3.63) is 28.8 Å². The van der Waals surface area contributed by atoms with Crippen LogP contribution in [-0.2, 0) is 19.5 Å². The minimum atomic E-state index is -3.76. The molecule has 1 aromatic carbocycles. The number of nitriles is 1. The smallest absolute Gasteiger partial charge is 0.242 e. The van der Waals surface area contributed by atoms with E-state index in [1.807, 2.05) is 6.07 Å². The van der Waals surface area contributed by atoms with Crippen LogP contribution < -0.4 is 4.72 Å². The van der Waals surface area contributed by atoms with Gasteiger partial charge in [0.15, 0.2) is 0 Å². The van der Waals surface area contributed by atoms with Crippen LogP contribution in [0.4, 0.5) is 0 Å². The molecule has 6 nitrogen and oxygen atoms in total. The van der Waals surface area contributed by atoms with Crippen LogP contribution in [0.2, 0.25) is 5.02 Å². The van der Waals surface area contributed by atoms with Gasteiger partial charge in [-0.15, -0.1) is 0 Å². The lowest BCUT2D eigenvalue weighted by Crippen LogP contribution is -2.28. The van der Waals surface area contributed by atoms with Crippen LogP contribution in [0, 0.1) is 11.3 Å². The predicted molar refractivity (Wildman–Crippen MR) is 74.1 cm³/mol. The van der Waals surface area contributed by atoms with Crippen LogP contribution in [0.1, 0.15) is 5.56 Å². The molecule has 1 aromatic rings. The molecule has 110 valence electrons. The lowest BCUT2D eigenvalue weighted by Gasteiger charge is -2.09. The highest BCUT2D eigenvalue weighted by atomic mass is 35.5. The Kier molecular flexibility index (Phi) is 6.91. The van der Waals surface area contributed by atoms with E-state index < -0.39 is 10.0 Å². The van der Waals surface area contributed by atoms with Gasteiger partial charge in [0.2, 0.25) is 10.0 Å². The number of ether oxygens (including phenoxy) is 2. The van der Waals surface area contributed by atoms with Gasteiger partial charge in [-0.25, -0.2) is 13.1 Å². The van der Waals surface area contributed by atoms with Crippen molar-refractivity contribution < 1.29 is 17.9 Å². The number of rotatable bonds is 8. The van der Waals surface area contributed by atoms with Gasteiger partial charge in [-0.2, -0.15) is 5.26 Å². The fourth-order valence-corrected chi connectivity index (χ4v) is 2.89. The lowest BCUT2D eigenvalue weighted by molar-refractivity contribution is 0.0736. The Morgan fingerprint density at radius 3 is 2.75 bits per heavy atom. The molecule has 0 bridgehead atoms. The second kappa shape index (κ2) is 8.19. The molecular weight excluding hydrogens is 304 g/mol. The molecule has 0 aliphatic rings. The molecule has 0 aliphatic heterocycles. The highest BCUT2D eigenvalue weighted by Gasteiger charge is 2.17. The molecule has 0 fully saturated rings. The van der Waals surface area contributed by atoms with Crippen LogP contribution in [0.5, 0.6) is 0 Å². The number of sulfonamides is 1. The van der Waals surface area contributed by atoms with Crippen molar-refractivity contribution in [1.82, 2.24) is 4.72 Å². The van der Waals surface area contributed by atoms with Crippen molar-refractivity contribution in [2.45, 2.75) is 4.90 Å². The molecule has 1 rings (SSSR count). The van der Waals surface area contributed by atoms with Crippen LogP contribution in [0.25, 0.3) is 0 Å². The Hall–Kier alpha value is -1.17. The first-order valence-electron chi connectivity index (χ1n) is 5.77. The molecular formula is C12H15ClN2O4S. The van der Waals surface area contributed by atoms with Crippen LogP contribution in [-0.4, -0.2) is 41.9 Å². The largest absolute Gasteiger partial charge is 0.382 e. The van der Waals surface area contributed by atoms with Gasteiger partial charge < -0.3 is 9.47 Å². The summed E-state index contributed by atoms with van der Waals surface area (Å²) in [7, 11) is -2.21. The molecule has 0 aromatic heterocycles. The summed E-state index contributed by atoms with van der Waals surface area (Å²) in [6.07, 6.45) is 0. The fourth-order valence-electron chi connectivity index (χ4n) is 1.35. The van der Waals surface area contributed by atoms with E-state index >= 15 is 0 Å². The van der Waals surface area contributed by atoms with Gasteiger partial charge in [0.25, 0.3) is 0 Å². The molecule has 0 unspecified atom stereocenters. The Morgan fingerprint density at radius 1 is 1.35 bits per heavy atom. The minimum Gasteiger partial charge on any atom is -0.382 e. The molecule has 0 atom stereocenters. The van der Waals surface area contributed by atoms with Crippen molar-refractivity contribution in [2.24, 2.45) is 0 Å². The first-order valence-corrected chi connectivity index (χ1v) is 7.63. The second-order valence-corrected chi connectivity index (χ2v) is 5.90. The number of hydrogen-bond acceptors (Lipinski definition) is 5. The zero-order valence-electron chi connectivity index (χ0n) is 10.9. The van der Waals surface area contributed by atoms with E-state index in [1.54, 1.807) is 7.11 Å². The molecule has 0 spiro atoms. The highest BCUT2D eigenvalue weighted by Crippen LogP contribution is 2.22. The molecule has 0 amide bonds. The number of nitrogens with zero attached hydrogens (tertiary/aromatic N) is 1. The van der Waals surface area contributed by atoms with E-state index in [0.717, 1.165) is 0 Å². The second-order valence-electron chi connectivity index (χ2n) is 3.76. The van der Waals surface area contributed by atoms with Crippen molar-refractivity contribution >= 4 is 21.6 Å². The summed E-state index contributed by atoms with van der Waals surface area (Å²) in [6, 6.07) is 5.93. The number of benzene rings is 1. The SMILES string of the molecule is COCCOCCNS(=O)(=O)c1cc(C#N)ccc1Cl. The Labute approximate surface area is 123 Å². The lowest BCUT2D eigenvalue weighted by atomic mass is 10.2. The summed E-state index contributed by atoms with van der Waals surface area (Å²) in [5, 5.41) is 8.84. The molecule has 8 heteroatoms. The highest BCUT2D eigenvalue weighted by molar-refractivity contribution is 7.89. The maximum absolute atomic E-state index is 12.0. The zero-order valence-corrected chi connectivity index (χ0v) is 12.5. The molecule has 1 N–H and O–H groups in total. The van der Waals surface area contributed by atoms with Gasteiger partial charge in [-0.1, -0.05) is 11.6 Å². The first kappa shape index (κ1) is 16.9. The van der Waals surface area contributed by atoms with Crippen LogP contribution in [0.15, 0.2) is 23.1 Å². The van der Waals surface area contributed by atoms with Crippen LogP contribution in [0.3, 0.4) is 0 Å². The number of methoxy groups -OCH3 is 1. The Morgan fingerprint density at radius 2 is 2.10 bits per heavy atom. The standard InChI is InChI=1S/C12H15ClN2O4S/c1-18-6-7-19-5-4-15-20(16,17)12-8-10(9-14)2-3-11(12)13/h2-3,8,15H,4-7H2,1H3. The topological polar surface area (TPSA) is 88.4 Å². The van der Waals surface area contributed by atoms with E-state index in [2.05, 4.69) is 4.72 Å². The third kappa shape index (κ3) is 5.07. The normalized spacial score (nSPS) is 11.2. The summed E-state index contributed by atoms with van der Waals surface area (Å²) in [5.74, 6) is 0. The zero-order chi connectivity index (χ0) is 15.0. The maximum Gasteiger partial charge on any atom is 0.242 e. The van der Waals surface area contributed by atoms with Gasteiger partial charge in [0.1, 0.15) is 4.90 Å². The van der Waals surface area contributed by atoms with Gasteiger partial charge >= 0.3 is 0 Å². The van der Waals surface area contributed by atoms with Gasteiger partial charge in [0, 0.05) is 13.7 Å². The van der Waals surface area contributed by atoms with E-state index in [1.165, 1.54) is 18.2 Å². The molecule has 0 saturated heterocycles. The minimum absolute atomic E-state index is 0.0665. The van der Waals surface area contributed by atoms with E-state index in [0.29, 0.717) is 13.2 Å². The monoisotopic (exact) mass is 318 g/mol. The third-order valence-corrected chi connectivity index (χ3v) is 4.26. The number of halogens is 1. The summed E-state index contributed by atoms with van der Waals surface area (Å²) in [4.78, 5) is -0.116. The number of hydrogen-bond donors (Lipinski definition) is 1. The van der Waals surface area contributed by atoms with Gasteiger partial charge in [-0.05, 0) is 18.2 Å². The van der Waals surface area contributed by atoms with Crippen molar-refractivity contribution in [3.8, 4) is 6.07 Å². The summed E-state index contributed by atoms with van der Waals surface area (Å²) >= 11 is 5.84. The average Bonchev–Trinajstić information content (AvgIpc) is 2.43. The average molecular weight is 319 g/mol. The van der Waals surface area contributed by atoms with Crippen LogP contribution >= 0.6 is 11.6 Å². The summed E-state index contributed by atoms with van der Waals surface area (Å²) < 4.78 is 36.3. The predicted octanol–water partition coefficient (Wildman–Crippen LogP) is 1.15. The van der Waals surface area contributed by atoms with E-state index in [9.17, 15) is 8.42 Å². The molecule has 0 saturated carbocycles. The first-order chi connectivity index (χ1) is 9.51. The maximum atomic E-state index is 12.0. The number of nitrogens with one attached hydrogen (secondary N) is 1. The van der Waals surface area contributed by atoms with Crippen molar-refractivity contribution in [2.75, 3.05) is 33.5 Å². The molecule has 0 aliphatic carbocycles. The van der Waals surface area contributed by atoms with E-state index in [4.69, 9.17) is 26.3 Å². The van der Waals surface area contributed by atoms with E-state index in [-0.39, 0.29) is 28.6 Å². The summed E-state index contributed by atoms with van der Waals surface area (Å²) in [6.45, 7) is 1.17. The molecule has 20 heavy (non-hydrogen) atoms. The Bertz CT molecular complexity index is 584. The van der Waals surface area contributed by atoms with Gasteiger partial charge in [-0.3, -0.25) is 0 Å². The molecule has 0 radical (unpaired) electrons. The Balaban J connectivity index is 2.63. The summed E-state index contributed by atoms with van der Waals surface area (Å²) in [5.41, 5.74) is 0.228. The van der Waals surface area contributed by atoms with Crippen molar-refractivity contribution in [3.63, 3.8) is 0 Å². The van der Waals surface area contributed by atoms with Gasteiger partial charge in [0.05, 0.1) is 36.5 Å².